The van der Waals surface area contributed by atoms with Gasteiger partial charge in [0.1, 0.15) is 0 Å². The lowest BCUT2D eigenvalue weighted by Crippen LogP contribution is -2.41. The summed E-state index contributed by atoms with van der Waals surface area (Å²) >= 11 is 0. The van der Waals surface area contributed by atoms with Crippen molar-refractivity contribution >= 4 is 0 Å². The number of methoxy groups -OCH3 is 1. The Morgan fingerprint density at radius 1 is 1.19 bits per heavy atom. The minimum Gasteiger partial charge on any atom is -0.383 e. The van der Waals surface area contributed by atoms with Gasteiger partial charge in [-0.15, -0.1) is 0 Å². The van der Waals surface area contributed by atoms with Crippen molar-refractivity contribution in [1.29, 1.82) is 0 Å². The van der Waals surface area contributed by atoms with Crippen LogP contribution in [-0.2, 0) is 4.74 Å². The van der Waals surface area contributed by atoms with Gasteiger partial charge in [0.25, 0.3) is 0 Å². The SMILES string of the molecule is COCC(NC(C)CCCC(C)C)C1CC1. The summed E-state index contributed by atoms with van der Waals surface area (Å²) in [5.74, 6) is 1.72. The number of ether oxygens (including phenoxy) is 1. The van der Waals surface area contributed by atoms with E-state index in [1.165, 1.54) is 32.1 Å². The Balaban J connectivity index is 2.12. The van der Waals surface area contributed by atoms with Crippen LogP contribution >= 0.6 is 0 Å². The summed E-state index contributed by atoms with van der Waals surface area (Å²) in [6, 6.07) is 1.23. The monoisotopic (exact) mass is 227 g/mol. The Morgan fingerprint density at radius 2 is 1.88 bits per heavy atom. The summed E-state index contributed by atoms with van der Waals surface area (Å²) in [5.41, 5.74) is 0. The summed E-state index contributed by atoms with van der Waals surface area (Å²) in [7, 11) is 1.81. The Hall–Kier alpha value is -0.0800. The Bertz CT molecular complexity index is 178. The first-order valence-electron chi connectivity index (χ1n) is 6.88. The molecule has 0 spiro atoms. The van der Waals surface area contributed by atoms with Crippen LogP contribution in [0.5, 0.6) is 0 Å². The number of nitrogens with one attached hydrogen (secondary N) is 1. The van der Waals surface area contributed by atoms with E-state index < -0.39 is 0 Å². The highest BCUT2D eigenvalue weighted by atomic mass is 16.5. The van der Waals surface area contributed by atoms with Gasteiger partial charge in [-0.25, -0.2) is 0 Å². The molecule has 0 bridgehead atoms. The van der Waals surface area contributed by atoms with Gasteiger partial charge in [-0.05, 0) is 38.0 Å². The van der Waals surface area contributed by atoms with E-state index in [-0.39, 0.29) is 0 Å². The zero-order valence-electron chi connectivity index (χ0n) is 11.5. The van der Waals surface area contributed by atoms with Crippen LogP contribution in [0.25, 0.3) is 0 Å². The predicted molar refractivity (Wildman–Crippen MR) is 69.7 cm³/mol. The van der Waals surface area contributed by atoms with Gasteiger partial charge >= 0.3 is 0 Å². The van der Waals surface area contributed by atoms with Crippen molar-refractivity contribution in [2.24, 2.45) is 11.8 Å². The van der Waals surface area contributed by atoms with Crippen molar-refractivity contribution in [2.45, 2.75) is 65.0 Å². The van der Waals surface area contributed by atoms with E-state index in [0.717, 1.165) is 18.4 Å². The van der Waals surface area contributed by atoms with Gasteiger partial charge in [-0.3, -0.25) is 0 Å². The second kappa shape index (κ2) is 7.29. The van der Waals surface area contributed by atoms with Gasteiger partial charge in [-0.1, -0.05) is 26.7 Å². The minimum absolute atomic E-state index is 0.596. The second-order valence-corrected chi connectivity index (χ2v) is 5.79. The molecule has 2 unspecified atom stereocenters. The van der Waals surface area contributed by atoms with Crippen LogP contribution in [0.15, 0.2) is 0 Å². The molecular formula is C14H29NO. The van der Waals surface area contributed by atoms with Gasteiger partial charge in [-0.2, -0.15) is 0 Å². The van der Waals surface area contributed by atoms with Gasteiger partial charge in [0, 0.05) is 19.2 Å². The van der Waals surface area contributed by atoms with E-state index >= 15 is 0 Å². The molecule has 2 nitrogen and oxygen atoms in total. The van der Waals surface area contributed by atoms with Crippen LogP contribution in [0.4, 0.5) is 0 Å². The van der Waals surface area contributed by atoms with Gasteiger partial charge in [0.2, 0.25) is 0 Å². The minimum atomic E-state index is 0.596. The van der Waals surface area contributed by atoms with E-state index in [1.54, 1.807) is 7.11 Å². The van der Waals surface area contributed by atoms with E-state index in [0.29, 0.717) is 12.1 Å². The highest BCUT2D eigenvalue weighted by Gasteiger charge is 2.31. The van der Waals surface area contributed by atoms with E-state index in [1.807, 2.05) is 0 Å². The van der Waals surface area contributed by atoms with Crippen molar-refractivity contribution in [1.82, 2.24) is 5.32 Å². The summed E-state index contributed by atoms with van der Waals surface area (Å²) < 4.78 is 5.29. The quantitative estimate of drug-likeness (QED) is 0.653. The van der Waals surface area contributed by atoms with Crippen molar-refractivity contribution in [3.8, 4) is 0 Å². The third-order valence-corrected chi connectivity index (χ3v) is 3.45. The Kier molecular flexibility index (Phi) is 6.37. The maximum absolute atomic E-state index is 5.29. The largest absolute Gasteiger partial charge is 0.383 e. The van der Waals surface area contributed by atoms with Crippen molar-refractivity contribution in [3.05, 3.63) is 0 Å². The predicted octanol–water partition coefficient (Wildman–Crippen LogP) is 3.22. The Morgan fingerprint density at radius 3 is 2.38 bits per heavy atom. The zero-order chi connectivity index (χ0) is 12.0. The van der Waals surface area contributed by atoms with E-state index in [9.17, 15) is 0 Å². The lowest BCUT2D eigenvalue weighted by atomic mass is 10.0. The van der Waals surface area contributed by atoms with Gasteiger partial charge < -0.3 is 10.1 Å². The van der Waals surface area contributed by atoms with Gasteiger partial charge in [0.15, 0.2) is 0 Å². The summed E-state index contributed by atoms with van der Waals surface area (Å²) in [6.07, 6.45) is 6.77. The van der Waals surface area contributed by atoms with E-state index in [2.05, 4.69) is 26.1 Å². The van der Waals surface area contributed by atoms with Crippen molar-refractivity contribution < 1.29 is 4.74 Å². The molecule has 0 saturated heterocycles. The average molecular weight is 227 g/mol. The molecule has 0 aromatic carbocycles. The highest BCUT2D eigenvalue weighted by Crippen LogP contribution is 2.33. The van der Waals surface area contributed by atoms with Crippen LogP contribution in [-0.4, -0.2) is 25.8 Å². The number of rotatable bonds is 9. The van der Waals surface area contributed by atoms with Crippen LogP contribution < -0.4 is 5.32 Å². The Labute approximate surface area is 101 Å². The molecule has 0 radical (unpaired) electrons. The van der Waals surface area contributed by atoms with Gasteiger partial charge in [0.05, 0.1) is 6.61 Å². The number of hydrogen-bond donors (Lipinski definition) is 1. The standard InChI is InChI=1S/C14H29NO/c1-11(2)6-5-7-12(3)15-14(10-16-4)13-8-9-13/h11-15H,5-10H2,1-4H3. The summed E-state index contributed by atoms with van der Waals surface area (Å²) in [5, 5.41) is 3.73. The van der Waals surface area contributed by atoms with Crippen LogP contribution in [0, 0.1) is 11.8 Å². The molecule has 96 valence electrons. The molecule has 1 aliphatic carbocycles. The lowest BCUT2D eigenvalue weighted by molar-refractivity contribution is 0.151. The molecule has 2 atom stereocenters. The molecular weight excluding hydrogens is 198 g/mol. The molecule has 16 heavy (non-hydrogen) atoms. The normalized spacial score (nSPS) is 20.1. The smallest absolute Gasteiger partial charge is 0.0618 e. The molecule has 1 fully saturated rings. The molecule has 0 aliphatic heterocycles. The van der Waals surface area contributed by atoms with Crippen LogP contribution in [0.1, 0.15) is 52.9 Å². The molecule has 1 saturated carbocycles. The molecule has 0 amide bonds. The highest BCUT2D eigenvalue weighted by molar-refractivity contribution is 4.87. The third kappa shape index (κ3) is 5.86. The zero-order valence-corrected chi connectivity index (χ0v) is 11.5. The molecule has 1 aliphatic rings. The fraction of sp³-hybridized carbons (Fsp3) is 1.00. The first-order valence-corrected chi connectivity index (χ1v) is 6.88. The molecule has 0 aromatic heterocycles. The molecule has 0 aromatic rings. The summed E-state index contributed by atoms with van der Waals surface area (Å²) in [6.45, 7) is 7.79. The van der Waals surface area contributed by atoms with Crippen molar-refractivity contribution in [2.75, 3.05) is 13.7 Å². The summed E-state index contributed by atoms with van der Waals surface area (Å²) in [4.78, 5) is 0. The maximum atomic E-state index is 5.29. The topological polar surface area (TPSA) is 21.3 Å². The maximum Gasteiger partial charge on any atom is 0.0618 e. The molecule has 2 heteroatoms. The molecule has 1 N–H and O–H groups in total. The van der Waals surface area contributed by atoms with Crippen LogP contribution in [0.3, 0.4) is 0 Å². The average Bonchev–Trinajstić information content (AvgIpc) is 2.99. The first kappa shape index (κ1) is 14.0. The fourth-order valence-corrected chi connectivity index (χ4v) is 2.28. The lowest BCUT2D eigenvalue weighted by Gasteiger charge is -2.23. The van der Waals surface area contributed by atoms with E-state index in [4.69, 9.17) is 4.74 Å². The first-order chi connectivity index (χ1) is 7.63. The third-order valence-electron chi connectivity index (χ3n) is 3.45. The fourth-order valence-electron chi connectivity index (χ4n) is 2.28. The van der Waals surface area contributed by atoms with Crippen LogP contribution in [0.2, 0.25) is 0 Å². The molecule has 1 rings (SSSR count). The molecule has 0 heterocycles. The van der Waals surface area contributed by atoms with Crippen molar-refractivity contribution in [3.63, 3.8) is 0 Å². The number of hydrogen-bond acceptors (Lipinski definition) is 2. The second-order valence-electron chi connectivity index (χ2n) is 5.79.